The number of carbonyl (C=O) groups excluding carboxylic acids is 1. The number of amides is 1. The number of rotatable bonds is 3. The van der Waals surface area contributed by atoms with E-state index in [1.807, 2.05) is 13.8 Å². The van der Waals surface area contributed by atoms with Crippen LogP contribution in [-0.2, 0) is 4.79 Å². The lowest BCUT2D eigenvalue weighted by atomic mass is 9.76. The molecule has 0 aliphatic carbocycles. The summed E-state index contributed by atoms with van der Waals surface area (Å²) in [6.07, 6.45) is 0.447. The molecule has 0 bridgehead atoms. The number of aryl methyl sites for hydroxylation is 1. The predicted molar refractivity (Wildman–Crippen MR) is 64.5 cm³/mol. The summed E-state index contributed by atoms with van der Waals surface area (Å²) < 4.78 is 4.77. The van der Waals surface area contributed by atoms with Gasteiger partial charge in [-0.2, -0.15) is 4.98 Å². The first-order valence-electron chi connectivity index (χ1n) is 6.20. The highest BCUT2D eigenvalue weighted by Crippen LogP contribution is 2.38. The summed E-state index contributed by atoms with van der Waals surface area (Å²) in [6, 6.07) is 0. The van der Waals surface area contributed by atoms with Gasteiger partial charge in [-0.1, -0.05) is 19.0 Å². The Kier molecular flexibility index (Phi) is 3.30. The van der Waals surface area contributed by atoms with Crippen molar-refractivity contribution in [2.45, 2.75) is 27.2 Å². The Morgan fingerprint density at radius 1 is 1.47 bits per heavy atom. The number of likely N-dealkylation sites (tertiary alicyclic amines) is 1. The van der Waals surface area contributed by atoms with Gasteiger partial charge in [0.15, 0.2) is 0 Å². The number of carboxylic acid groups (broad SMARTS) is 1. The molecule has 19 heavy (non-hydrogen) atoms. The largest absolute Gasteiger partial charge is 0.481 e. The molecule has 1 aromatic heterocycles. The number of carbonyl (C=O) groups is 2. The highest BCUT2D eigenvalue weighted by atomic mass is 16.5. The standard InChI is InChI=1S/C12H17N3O4/c1-7(2)12(11(17)18)4-5-15(6-12)10(16)9-13-8(3)19-14-9/h7H,4-6H2,1-3H3,(H,17,18). The Labute approximate surface area is 110 Å². The van der Waals surface area contributed by atoms with Crippen molar-refractivity contribution in [3.8, 4) is 0 Å². The van der Waals surface area contributed by atoms with Gasteiger partial charge in [0.1, 0.15) is 0 Å². The van der Waals surface area contributed by atoms with Crippen LogP contribution in [0.3, 0.4) is 0 Å². The molecule has 1 N–H and O–H groups in total. The fourth-order valence-electron chi connectivity index (χ4n) is 2.43. The minimum Gasteiger partial charge on any atom is -0.481 e. The molecule has 0 spiro atoms. The molecule has 1 fully saturated rings. The van der Waals surface area contributed by atoms with Crippen molar-refractivity contribution in [2.24, 2.45) is 11.3 Å². The monoisotopic (exact) mass is 267 g/mol. The molecular weight excluding hydrogens is 250 g/mol. The molecule has 2 heterocycles. The maximum Gasteiger partial charge on any atom is 0.311 e. The Balaban J connectivity index is 2.18. The van der Waals surface area contributed by atoms with Crippen LogP contribution in [0.2, 0.25) is 0 Å². The molecule has 1 saturated heterocycles. The molecule has 1 aliphatic heterocycles. The van der Waals surface area contributed by atoms with E-state index in [4.69, 9.17) is 4.52 Å². The van der Waals surface area contributed by atoms with Crippen molar-refractivity contribution in [2.75, 3.05) is 13.1 Å². The third-order valence-corrected chi connectivity index (χ3v) is 3.84. The summed E-state index contributed by atoms with van der Waals surface area (Å²) in [5.41, 5.74) is -0.881. The summed E-state index contributed by atoms with van der Waals surface area (Å²) in [5, 5.41) is 13.0. The van der Waals surface area contributed by atoms with E-state index in [9.17, 15) is 14.7 Å². The zero-order valence-corrected chi connectivity index (χ0v) is 11.2. The minimum absolute atomic E-state index is 0.0116. The van der Waals surface area contributed by atoms with Crippen molar-refractivity contribution in [1.82, 2.24) is 15.0 Å². The quantitative estimate of drug-likeness (QED) is 0.875. The van der Waals surface area contributed by atoms with Gasteiger partial charge in [0.05, 0.1) is 5.41 Å². The van der Waals surface area contributed by atoms with Gasteiger partial charge in [0.2, 0.25) is 5.89 Å². The van der Waals surface area contributed by atoms with E-state index in [1.54, 1.807) is 6.92 Å². The molecule has 2 rings (SSSR count). The fourth-order valence-corrected chi connectivity index (χ4v) is 2.43. The Morgan fingerprint density at radius 3 is 2.58 bits per heavy atom. The SMILES string of the molecule is Cc1nc(C(=O)N2CCC(C(=O)O)(C(C)C)C2)no1. The Hall–Kier alpha value is -1.92. The summed E-state index contributed by atoms with van der Waals surface area (Å²) in [6.45, 7) is 5.91. The second kappa shape index (κ2) is 4.64. The summed E-state index contributed by atoms with van der Waals surface area (Å²) in [4.78, 5) is 29.0. The number of hydrogen-bond acceptors (Lipinski definition) is 5. The number of hydrogen-bond donors (Lipinski definition) is 1. The third-order valence-electron chi connectivity index (χ3n) is 3.84. The minimum atomic E-state index is -0.881. The topological polar surface area (TPSA) is 96.5 Å². The van der Waals surface area contributed by atoms with Gasteiger partial charge in [-0.3, -0.25) is 9.59 Å². The van der Waals surface area contributed by atoms with Crippen LogP contribution in [0.5, 0.6) is 0 Å². The third kappa shape index (κ3) is 2.20. The molecule has 0 saturated carbocycles. The summed E-state index contributed by atoms with van der Waals surface area (Å²) in [5.74, 6) is -0.976. The van der Waals surface area contributed by atoms with Gasteiger partial charge in [0.25, 0.3) is 11.7 Å². The molecule has 1 amide bonds. The van der Waals surface area contributed by atoms with Crippen molar-refractivity contribution >= 4 is 11.9 Å². The van der Waals surface area contributed by atoms with Crippen LogP contribution in [0, 0.1) is 18.3 Å². The smallest absolute Gasteiger partial charge is 0.311 e. The zero-order valence-electron chi connectivity index (χ0n) is 11.2. The van der Waals surface area contributed by atoms with Crippen molar-refractivity contribution in [3.05, 3.63) is 11.7 Å². The number of nitrogens with zero attached hydrogens (tertiary/aromatic N) is 3. The normalized spacial score (nSPS) is 23.1. The summed E-state index contributed by atoms with van der Waals surface area (Å²) >= 11 is 0. The molecule has 7 nitrogen and oxygen atoms in total. The lowest BCUT2D eigenvalue weighted by molar-refractivity contribution is -0.150. The predicted octanol–water partition coefficient (Wildman–Crippen LogP) is 0.951. The first-order valence-corrected chi connectivity index (χ1v) is 6.20. The Bertz CT molecular complexity index is 511. The van der Waals surface area contributed by atoms with Gasteiger partial charge in [-0.15, -0.1) is 0 Å². The van der Waals surface area contributed by atoms with Crippen molar-refractivity contribution in [3.63, 3.8) is 0 Å². The van der Waals surface area contributed by atoms with Crippen LogP contribution in [0.4, 0.5) is 0 Å². The first-order chi connectivity index (χ1) is 8.86. The van der Waals surface area contributed by atoms with E-state index in [1.165, 1.54) is 4.90 Å². The molecular formula is C12H17N3O4. The number of carboxylic acids is 1. The molecule has 1 aromatic rings. The second-order valence-corrected chi connectivity index (χ2v) is 5.23. The van der Waals surface area contributed by atoms with Crippen molar-refractivity contribution in [1.29, 1.82) is 0 Å². The lowest BCUT2D eigenvalue weighted by Crippen LogP contribution is -2.40. The van der Waals surface area contributed by atoms with Crippen LogP contribution >= 0.6 is 0 Å². The number of aromatic nitrogens is 2. The molecule has 0 aromatic carbocycles. The summed E-state index contributed by atoms with van der Waals surface area (Å²) in [7, 11) is 0. The van der Waals surface area contributed by atoms with Crippen LogP contribution in [0.1, 0.15) is 36.8 Å². The number of aliphatic carboxylic acids is 1. The van der Waals surface area contributed by atoms with Gasteiger partial charge >= 0.3 is 5.97 Å². The molecule has 1 aliphatic rings. The van der Waals surface area contributed by atoms with E-state index < -0.39 is 11.4 Å². The van der Waals surface area contributed by atoms with Crippen molar-refractivity contribution < 1.29 is 19.2 Å². The van der Waals surface area contributed by atoms with Gasteiger partial charge in [0, 0.05) is 20.0 Å². The van der Waals surface area contributed by atoms with Crippen LogP contribution < -0.4 is 0 Å². The first kappa shape index (κ1) is 13.5. The highest BCUT2D eigenvalue weighted by Gasteiger charge is 2.49. The molecule has 7 heteroatoms. The fraction of sp³-hybridized carbons (Fsp3) is 0.667. The molecule has 1 unspecified atom stereocenters. The molecule has 0 radical (unpaired) electrons. The lowest BCUT2D eigenvalue weighted by Gasteiger charge is -2.28. The van der Waals surface area contributed by atoms with Gasteiger partial charge in [-0.25, -0.2) is 0 Å². The molecule has 104 valence electrons. The van der Waals surface area contributed by atoms with Gasteiger partial charge < -0.3 is 14.5 Å². The van der Waals surface area contributed by atoms with Gasteiger partial charge in [-0.05, 0) is 12.3 Å². The zero-order chi connectivity index (χ0) is 14.2. The van der Waals surface area contributed by atoms with E-state index in [0.717, 1.165) is 0 Å². The molecule has 1 atom stereocenters. The van der Waals surface area contributed by atoms with E-state index in [2.05, 4.69) is 10.1 Å². The van der Waals surface area contributed by atoms with E-state index >= 15 is 0 Å². The van der Waals surface area contributed by atoms with E-state index in [-0.39, 0.29) is 24.2 Å². The maximum atomic E-state index is 12.1. The average molecular weight is 267 g/mol. The maximum absolute atomic E-state index is 12.1. The van der Waals surface area contributed by atoms with E-state index in [0.29, 0.717) is 18.9 Å². The average Bonchev–Trinajstić information content (AvgIpc) is 2.94. The Morgan fingerprint density at radius 2 is 2.16 bits per heavy atom. The second-order valence-electron chi connectivity index (χ2n) is 5.23. The highest BCUT2D eigenvalue weighted by molar-refractivity contribution is 5.91. The van der Waals surface area contributed by atoms with Crippen LogP contribution in [0.15, 0.2) is 4.52 Å². The van der Waals surface area contributed by atoms with Crippen LogP contribution in [-0.4, -0.2) is 45.1 Å². The van der Waals surface area contributed by atoms with Crippen LogP contribution in [0.25, 0.3) is 0 Å².